The summed E-state index contributed by atoms with van der Waals surface area (Å²) in [5, 5.41) is 3.41. The van der Waals surface area contributed by atoms with Crippen LogP contribution in [0.5, 0.6) is 0 Å². The van der Waals surface area contributed by atoms with Crippen molar-refractivity contribution in [1.82, 2.24) is 5.32 Å². The maximum Gasteiger partial charge on any atom is 0.123 e. The average Bonchev–Trinajstić information content (AvgIpc) is 2.35. The highest BCUT2D eigenvalue weighted by atomic mass is 19.1. The molecule has 0 saturated carbocycles. The van der Waals surface area contributed by atoms with Crippen LogP contribution >= 0.6 is 0 Å². The molecule has 2 aromatic carbocycles. The number of rotatable bonds is 4. The van der Waals surface area contributed by atoms with Crippen molar-refractivity contribution in [2.45, 2.75) is 18.9 Å². The Morgan fingerprint density at radius 2 is 2.00 bits per heavy atom. The number of nitrogens with one attached hydrogen (secondary N) is 1. The summed E-state index contributed by atoms with van der Waals surface area (Å²) in [6.45, 7) is 1.70. The van der Waals surface area contributed by atoms with Crippen LogP contribution in [0.15, 0.2) is 48.5 Å². The molecule has 1 aliphatic carbocycles. The Labute approximate surface area is 107 Å². The molecule has 0 heterocycles. The summed E-state index contributed by atoms with van der Waals surface area (Å²) >= 11 is 0. The zero-order chi connectivity index (χ0) is 12.4. The molecule has 2 aromatic rings. The van der Waals surface area contributed by atoms with E-state index < -0.39 is 0 Å². The molecule has 0 amide bonds. The number of fused-ring (bicyclic) bond motifs is 1. The molecule has 1 N–H and O–H groups in total. The number of hydrogen-bond donors (Lipinski definition) is 1. The van der Waals surface area contributed by atoms with E-state index in [4.69, 9.17) is 0 Å². The van der Waals surface area contributed by atoms with Gasteiger partial charge in [0.15, 0.2) is 0 Å². The molecule has 3 rings (SSSR count). The van der Waals surface area contributed by atoms with Gasteiger partial charge in [-0.3, -0.25) is 0 Å². The molecule has 1 unspecified atom stereocenters. The highest BCUT2D eigenvalue weighted by Gasteiger charge is 2.24. The minimum Gasteiger partial charge on any atom is -0.312 e. The van der Waals surface area contributed by atoms with Crippen molar-refractivity contribution < 1.29 is 4.39 Å². The van der Waals surface area contributed by atoms with Crippen LogP contribution in [0.1, 0.15) is 22.6 Å². The third-order valence-electron chi connectivity index (χ3n) is 3.57. The molecular formula is C16H16FN. The fourth-order valence-corrected chi connectivity index (χ4v) is 2.58. The van der Waals surface area contributed by atoms with Gasteiger partial charge in [-0.25, -0.2) is 4.39 Å². The van der Waals surface area contributed by atoms with Gasteiger partial charge in [-0.15, -0.1) is 0 Å². The van der Waals surface area contributed by atoms with E-state index in [1.54, 1.807) is 12.1 Å². The summed E-state index contributed by atoms with van der Waals surface area (Å²) in [6.07, 6.45) is 1.16. The van der Waals surface area contributed by atoms with Crippen LogP contribution in [-0.2, 0) is 13.0 Å². The molecule has 0 spiro atoms. The van der Waals surface area contributed by atoms with Gasteiger partial charge in [-0.2, -0.15) is 0 Å². The number of halogens is 1. The molecule has 0 saturated heterocycles. The first-order valence-electron chi connectivity index (χ1n) is 6.36. The summed E-state index contributed by atoms with van der Waals surface area (Å²) in [4.78, 5) is 0. The van der Waals surface area contributed by atoms with Crippen LogP contribution in [0, 0.1) is 5.82 Å². The van der Waals surface area contributed by atoms with Crippen molar-refractivity contribution in [3.8, 4) is 0 Å². The van der Waals surface area contributed by atoms with E-state index in [-0.39, 0.29) is 5.82 Å². The van der Waals surface area contributed by atoms with Crippen LogP contribution < -0.4 is 5.32 Å². The number of benzene rings is 2. The zero-order valence-electron chi connectivity index (χ0n) is 10.2. The zero-order valence-corrected chi connectivity index (χ0v) is 10.2. The van der Waals surface area contributed by atoms with Gasteiger partial charge in [0.1, 0.15) is 5.82 Å². The van der Waals surface area contributed by atoms with Gasteiger partial charge in [-0.1, -0.05) is 36.4 Å². The minimum atomic E-state index is -0.164. The van der Waals surface area contributed by atoms with E-state index >= 15 is 0 Å². The van der Waals surface area contributed by atoms with Crippen LogP contribution in [-0.4, -0.2) is 6.54 Å². The first-order chi connectivity index (χ1) is 8.83. The molecule has 0 aromatic heterocycles. The highest BCUT2D eigenvalue weighted by molar-refractivity contribution is 5.40. The fourth-order valence-electron chi connectivity index (χ4n) is 2.58. The monoisotopic (exact) mass is 241 g/mol. The third kappa shape index (κ3) is 2.29. The van der Waals surface area contributed by atoms with Crippen molar-refractivity contribution in [3.05, 3.63) is 71.0 Å². The van der Waals surface area contributed by atoms with Crippen LogP contribution in [0.4, 0.5) is 4.39 Å². The predicted molar refractivity (Wildman–Crippen MR) is 71.0 cm³/mol. The van der Waals surface area contributed by atoms with E-state index in [0.717, 1.165) is 25.1 Å². The fraction of sp³-hybridized carbons (Fsp3) is 0.250. The lowest BCUT2D eigenvalue weighted by Crippen LogP contribution is -2.28. The van der Waals surface area contributed by atoms with Gasteiger partial charge in [-0.05, 0) is 35.2 Å². The maximum atomic E-state index is 13.0. The summed E-state index contributed by atoms with van der Waals surface area (Å²) < 4.78 is 13.0. The molecule has 18 heavy (non-hydrogen) atoms. The second kappa shape index (κ2) is 4.91. The first-order valence-corrected chi connectivity index (χ1v) is 6.36. The second-order valence-corrected chi connectivity index (χ2v) is 4.86. The molecule has 1 aliphatic rings. The first kappa shape index (κ1) is 11.4. The van der Waals surface area contributed by atoms with Gasteiger partial charge in [0.25, 0.3) is 0 Å². The van der Waals surface area contributed by atoms with E-state index in [1.165, 1.54) is 17.2 Å². The normalized spacial score (nSPS) is 17.1. The smallest absolute Gasteiger partial charge is 0.123 e. The van der Waals surface area contributed by atoms with Crippen LogP contribution in [0.3, 0.4) is 0 Å². The van der Waals surface area contributed by atoms with Crippen molar-refractivity contribution in [2.75, 3.05) is 6.54 Å². The van der Waals surface area contributed by atoms with E-state index in [9.17, 15) is 4.39 Å². The van der Waals surface area contributed by atoms with Gasteiger partial charge in [0.05, 0.1) is 0 Å². The number of hydrogen-bond acceptors (Lipinski definition) is 1. The maximum absolute atomic E-state index is 13.0. The SMILES string of the molecule is Fc1cccc(CNCC2Cc3ccccc32)c1. The van der Waals surface area contributed by atoms with Gasteiger partial charge in [0.2, 0.25) is 0 Å². The van der Waals surface area contributed by atoms with Crippen molar-refractivity contribution in [2.24, 2.45) is 0 Å². The van der Waals surface area contributed by atoms with E-state index in [1.807, 2.05) is 6.07 Å². The average molecular weight is 241 g/mol. The standard InChI is InChI=1S/C16H16FN/c17-15-6-3-4-12(8-15)10-18-11-14-9-13-5-1-2-7-16(13)14/h1-8,14,18H,9-11H2. The lowest BCUT2D eigenvalue weighted by atomic mass is 9.77. The third-order valence-corrected chi connectivity index (χ3v) is 3.57. The Balaban J connectivity index is 1.52. The predicted octanol–water partition coefficient (Wildman–Crippen LogP) is 3.26. The minimum absolute atomic E-state index is 0.164. The van der Waals surface area contributed by atoms with E-state index in [2.05, 4.69) is 29.6 Å². The molecule has 2 heteroatoms. The van der Waals surface area contributed by atoms with Gasteiger partial charge in [0, 0.05) is 19.0 Å². The Bertz CT molecular complexity index is 550. The molecule has 1 atom stereocenters. The summed E-state index contributed by atoms with van der Waals surface area (Å²) in [7, 11) is 0. The summed E-state index contributed by atoms with van der Waals surface area (Å²) in [5.41, 5.74) is 3.93. The van der Waals surface area contributed by atoms with Crippen molar-refractivity contribution in [3.63, 3.8) is 0 Å². The molecule has 0 bridgehead atoms. The lowest BCUT2D eigenvalue weighted by molar-refractivity contribution is 0.534. The van der Waals surface area contributed by atoms with Crippen molar-refractivity contribution in [1.29, 1.82) is 0 Å². The van der Waals surface area contributed by atoms with Crippen LogP contribution in [0.2, 0.25) is 0 Å². The molecule has 0 radical (unpaired) electrons. The summed E-state index contributed by atoms with van der Waals surface area (Å²) in [6, 6.07) is 15.3. The Hall–Kier alpha value is -1.67. The highest BCUT2D eigenvalue weighted by Crippen LogP contribution is 2.33. The Kier molecular flexibility index (Phi) is 3.11. The quantitative estimate of drug-likeness (QED) is 0.866. The molecule has 92 valence electrons. The Morgan fingerprint density at radius 1 is 1.11 bits per heavy atom. The van der Waals surface area contributed by atoms with Gasteiger partial charge < -0.3 is 5.32 Å². The van der Waals surface area contributed by atoms with Gasteiger partial charge >= 0.3 is 0 Å². The Morgan fingerprint density at radius 3 is 2.83 bits per heavy atom. The topological polar surface area (TPSA) is 12.0 Å². The molecule has 1 nitrogen and oxygen atoms in total. The summed E-state index contributed by atoms with van der Waals surface area (Å²) in [5.74, 6) is 0.457. The molecular weight excluding hydrogens is 225 g/mol. The molecule has 0 aliphatic heterocycles. The van der Waals surface area contributed by atoms with E-state index in [0.29, 0.717) is 5.92 Å². The lowest BCUT2D eigenvalue weighted by Gasteiger charge is -2.30. The largest absolute Gasteiger partial charge is 0.312 e. The second-order valence-electron chi connectivity index (χ2n) is 4.86. The molecule has 0 fully saturated rings. The van der Waals surface area contributed by atoms with Crippen LogP contribution in [0.25, 0.3) is 0 Å². The van der Waals surface area contributed by atoms with Crippen molar-refractivity contribution >= 4 is 0 Å².